The van der Waals surface area contributed by atoms with Crippen LogP contribution in [0.3, 0.4) is 0 Å². The standard InChI is InChI=1S/C18H23N3O5/c1-12(18(24)19-9-4-10-22)21-16(23)11-15(26-3)17(20-21)13-5-7-14(25-2)8-6-13/h5-8,11-12,22H,4,9-10H2,1-3H3,(H,19,24). The van der Waals surface area contributed by atoms with Crippen molar-refractivity contribution >= 4 is 5.91 Å². The van der Waals surface area contributed by atoms with Gasteiger partial charge in [0, 0.05) is 24.8 Å². The number of aliphatic hydroxyl groups is 1. The largest absolute Gasteiger partial charge is 0.497 e. The molecule has 8 heteroatoms. The van der Waals surface area contributed by atoms with Crippen molar-refractivity contribution in [2.24, 2.45) is 0 Å². The van der Waals surface area contributed by atoms with Crippen LogP contribution in [0, 0.1) is 0 Å². The van der Waals surface area contributed by atoms with E-state index < -0.39 is 11.6 Å². The first-order valence-electron chi connectivity index (χ1n) is 8.22. The molecule has 140 valence electrons. The van der Waals surface area contributed by atoms with E-state index >= 15 is 0 Å². The highest BCUT2D eigenvalue weighted by Gasteiger charge is 2.20. The molecule has 0 fully saturated rings. The lowest BCUT2D eigenvalue weighted by atomic mass is 10.1. The molecule has 0 radical (unpaired) electrons. The van der Waals surface area contributed by atoms with Crippen LogP contribution < -0.4 is 20.3 Å². The molecular weight excluding hydrogens is 338 g/mol. The molecule has 1 aromatic heterocycles. The maximum Gasteiger partial charge on any atom is 0.271 e. The second kappa shape index (κ2) is 9.00. The fourth-order valence-electron chi connectivity index (χ4n) is 2.38. The van der Waals surface area contributed by atoms with Crippen molar-refractivity contribution in [3.8, 4) is 22.8 Å². The highest BCUT2D eigenvalue weighted by Crippen LogP contribution is 2.28. The minimum Gasteiger partial charge on any atom is -0.497 e. The smallest absolute Gasteiger partial charge is 0.271 e. The molecule has 0 saturated carbocycles. The van der Waals surface area contributed by atoms with Gasteiger partial charge in [-0.25, -0.2) is 4.68 Å². The fourth-order valence-corrected chi connectivity index (χ4v) is 2.38. The van der Waals surface area contributed by atoms with Crippen LogP contribution in [0.25, 0.3) is 11.3 Å². The topological polar surface area (TPSA) is 103 Å². The van der Waals surface area contributed by atoms with Crippen LogP contribution in [0.2, 0.25) is 0 Å². The molecule has 1 aromatic carbocycles. The Kier molecular flexibility index (Phi) is 6.74. The van der Waals surface area contributed by atoms with Gasteiger partial charge in [-0.2, -0.15) is 5.10 Å². The van der Waals surface area contributed by atoms with Crippen LogP contribution in [0.4, 0.5) is 0 Å². The van der Waals surface area contributed by atoms with Gasteiger partial charge >= 0.3 is 0 Å². The number of ether oxygens (including phenoxy) is 2. The molecule has 1 atom stereocenters. The van der Waals surface area contributed by atoms with E-state index in [9.17, 15) is 9.59 Å². The maximum absolute atomic E-state index is 12.3. The van der Waals surface area contributed by atoms with Crippen LogP contribution in [-0.4, -0.2) is 48.2 Å². The van der Waals surface area contributed by atoms with E-state index in [0.717, 1.165) is 10.2 Å². The summed E-state index contributed by atoms with van der Waals surface area (Å²) >= 11 is 0. The second-order valence-corrected chi connectivity index (χ2v) is 5.62. The number of hydrogen-bond donors (Lipinski definition) is 2. The number of nitrogens with one attached hydrogen (secondary N) is 1. The molecular formula is C18H23N3O5. The van der Waals surface area contributed by atoms with Crippen molar-refractivity contribution in [3.63, 3.8) is 0 Å². The first-order valence-corrected chi connectivity index (χ1v) is 8.22. The molecule has 2 aromatic rings. The van der Waals surface area contributed by atoms with Crippen molar-refractivity contribution in [2.75, 3.05) is 27.4 Å². The number of hydrogen-bond acceptors (Lipinski definition) is 6. The summed E-state index contributed by atoms with van der Waals surface area (Å²) in [6.45, 7) is 1.90. The molecule has 0 aliphatic rings. The molecule has 26 heavy (non-hydrogen) atoms. The molecule has 8 nitrogen and oxygen atoms in total. The lowest BCUT2D eigenvalue weighted by Crippen LogP contribution is -2.37. The van der Waals surface area contributed by atoms with Gasteiger partial charge in [-0.1, -0.05) is 0 Å². The molecule has 0 bridgehead atoms. The summed E-state index contributed by atoms with van der Waals surface area (Å²) in [4.78, 5) is 24.6. The molecule has 1 unspecified atom stereocenters. The first kappa shape index (κ1) is 19.5. The van der Waals surface area contributed by atoms with E-state index in [1.807, 2.05) is 0 Å². The van der Waals surface area contributed by atoms with Crippen LogP contribution in [0.5, 0.6) is 11.5 Å². The highest BCUT2D eigenvalue weighted by molar-refractivity contribution is 5.79. The summed E-state index contributed by atoms with van der Waals surface area (Å²) in [6.07, 6.45) is 0.445. The van der Waals surface area contributed by atoms with Gasteiger partial charge in [-0.3, -0.25) is 9.59 Å². The zero-order chi connectivity index (χ0) is 19.1. The zero-order valence-electron chi connectivity index (χ0n) is 15.1. The predicted octanol–water partition coefficient (Wildman–Crippen LogP) is 0.987. The maximum atomic E-state index is 12.3. The normalized spacial score (nSPS) is 11.7. The molecule has 2 rings (SSSR count). The minimum absolute atomic E-state index is 0.0169. The van der Waals surface area contributed by atoms with Crippen molar-refractivity contribution in [3.05, 3.63) is 40.7 Å². The van der Waals surface area contributed by atoms with Gasteiger partial charge in [-0.05, 0) is 37.6 Å². The zero-order valence-corrected chi connectivity index (χ0v) is 15.1. The Labute approximate surface area is 151 Å². The van der Waals surface area contributed by atoms with Crippen LogP contribution >= 0.6 is 0 Å². The monoisotopic (exact) mass is 361 g/mol. The summed E-state index contributed by atoms with van der Waals surface area (Å²) in [5.41, 5.74) is 0.734. The van der Waals surface area contributed by atoms with Crippen molar-refractivity contribution in [1.82, 2.24) is 15.1 Å². The van der Waals surface area contributed by atoms with Crippen LogP contribution in [0.1, 0.15) is 19.4 Å². The third-order valence-electron chi connectivity index (χ3n) is 3.89. The van der Waals surface area contributed by atoms with Gasteiger partial charge in [0.1, 0.15) is 17.5 Å². The molecule has 1 heterocycles. The number of rotatable bonds is 8. The van der Waals surface area contributed by atoms with E-state index in [0.29, 0.717) is 30.2 Å². The van der Waals surface area contributed by atoms with E-state index in [4.69, 9.17) is 14.6 Å². The number of aromatic nitrogens is 2. The van der Waals surface area contributed by atoms with Crippen LogP contribution in [0.15, 0.2) is 35.1 Å². The lowest BCUT2D eigenvalue weighted by molar-refractivity contribution is -0.124. The third kappa shape index (κ3) is 4.40. The Morgan fingerprint density at radius 2 is 1.96 bits per heavy atom. The molecule has 1 amide bonds. The molecule has 0 aliphatic carbocycles. The number of nitrogens with zero attached hydrogens (tertiary/aromatic N) is 2. The van der Waals surface area contributed by atoms with Gasteiger partial charge in [-0.15, -0.1) is 0 Å². The highest BCUT2D eigenvalue weighted by atomic mass is 16.5. The molecule has 0 spiro atoms. The van der Waals surface area contributed by atoms with Gasteiger partial charge in [0.25, 0.3) is 5.56 Å². The number of carbonyl (C=O) groups excluding carboxylic acids is 1. The van der Waals surface area contributed by atoms with Gasteiger partial charge < -0.3 is 19.9 Å². The Morgan fingerprint density at radius 1 is 1.27 bits per heavy atom. The van der Waals surface area contributed by atoms with Gasteiger partial charge in [0.05, 0.1) is 14.2 Å². The van der Waals surface area contributed by atoms with Crippen LogP contribution in [-0.2, 0) is 4.79 Å². The summed E-state index contributed by atoms with van der Waals surface area (Å²) in [6, 6.07) is 7.65. The SMILES string of the molecule is COc1ccc(-c2nn(C(C)C(=O)NCCCO)c(=O)cc2OC)cc1. The predicted molar refractivity (Wildman–Crippen MR) is 96.5 cm³/mol. The Morgan fingerprint density at radius 3 is 2.54 bits per heavy atom. The lowest BCUT2D eigenvalue weighted by Gasteiger charge is -2.16. The van der Waals surface area contributed by atoms with E-state index in [1.54, 1.807) is 38.3 Å². The number of benzene rings is 1. The van der Waals surface area contributed by atoms with Gasteiger partial charge in [0.15, 0.2) is 5.75 Å². The van der Waals surface area contributed by atoms with Crippen molar-refractivity contribution < 1.29 is 19.4 Å². The molecule has 0 saturated heterocycles. The Hall–Kier alpha value is -2.87. The molecule has 0 aliphatic heterocycles. The summed E-state index contributed by atoms with van der Waals surface area (Å²) in [5, 5.41) is 15.8. The number of aliphatic hydroxyl groups excluding tert-OH is 1. The van der Waals surface area contributed by atoms with E-state index in [2.05, 4.69) is 10.4 Å². The van der Waals surface area contributed by atoms with Gasteiger partial charge in [0.2, 0.25) is 5.91 Å². The third-order valence-corrected chi connectivity index (χ3v) is 3.89. The average molecular weight is 361 g/mol. The summed E-state index contributed by atoms with van der Waals surface area (Å²) in [5.74, 6) is 0.667. The first-order chi connectivity index (χ1) is 12.5. The molecule has 2 N–H and O–H groups in total. The van der Waals surface area contributed by atoms with Crippen molar-refractivity contribution in [2.45, 2.75) is 19.4 Å². The summed E-state index contributed by atoms with van der Waals surface area (Å²) in [7, 11) is 3.03. The number of amides is 1. The Bertz CT molecular complexity index is 801. The number of methoxy groups -OCH3 is 2. The van der Waals surface area contributed by atoms with Crippen molar-refractivity contribution in [1.29, 1.82) is 0 Å². The minimum atomic E-state index is -0.802. The second-order valence-electron chi connectivity index (χ2n) is 5.62. The fraction of sp³-hybridized carbons (Fsp3) is 0.389. The summed E-state index contributed by atoms with van der Waals surface area (Å²) < 4.78 is 11.5. The van der Waals surface area contributed by atoms with E-state index in [1.165, 1.54) is 13.2 Å². The Balaban J connectivity index is 2.38. The average Bonchev–Trinajstić information content (AvgIpc) is 2.67. The quantitative estimate of drug-likeness (QED) is 0.680. The van der Waals surface area contributed by atoms with E-state index in [-0.39, 0.29) is 12.5 Å². The number of carbonyl (C=O) groups is 1.